The molecule has 0 saturated carbocycles. The molecule has 16 heavy (non-hydrogen) atoms. The molecule has 0 aromatic heterocycles. The summed E-state index contributed by atoms with van der Waals surface area (Å²) in [5, 5.41) is 2.84. The maximum atomic E-state index is 11.5. The first kappa shape index (κ1) is 12.9. The first-order valence-electron chi connectivity index (χ1n) is 5.34. The normalized spacial score (nSPS) is 10.1. The quantitative estimate of drug-likeness (QED) is 0.775. The number of amides is 1. The van der Waals surface area contributed by atoms with Gasteiger partial charge in [0, 0.05) is 23.5 Å². The Labute approximate surface area is 101 Å². The van der Waals surface area contributed by atoms with Gasteiger partial charge in [-0.15, -0.1) is 0 Å². The van der Waals surface area contributed by atoms with Gasteiger partial charge >= 0.3 is 0 Å². The van der Waals surface area contributed by atoms with Gasteiger partial charge in [-0.3, -0.25) is 4.79 Å². The van der Waals surface area contributed by atoms with Gasteiger partial charge in [-0.2, -0.15) is 11.8 Å². The molecule has 0 unspecified atom stereocenters. The van der Waals surface area contributed by atoms with Crippen molar-refractivity contribution in [3.05, 3.63) is 23.8 Å². The summed E-state index contributed by atoms with van der Waals surface area (Å²) in [6.07, 6.45) is 3.43. The van der Waals surface area contributed by atoms with Gasteiger partial charge in [0.2, 0.25) is 5.91 Å². The first-order valence-corrected chi connectivity index (χ1v) is 6.74. The van der Waals surface area contributed by atoms with Crippen molar-refractivity contribution in [2.75, 3.05) is 23.1 Å². The number of hydrogen-bond acceptors (Lipinski definition) is 3. The van der Waals surface area contributed by atoms with Crippen LogP contribution in [0.25, 0.3) is 0 Å². The summed E-state index contributed by atoms with van der Waals surface area (Å²) < 4.78 is 0. The highest BCUT2D eigenvalue weighted by Gasteiger charge is 2.03. The molecule has 0 fully saturated rings. The van der Waals surface area contributed by atoms with E-state index in [0.717, 1.165) is 29.1 Å². The van der Waals surface area contributed by atoms with Gasteiger partial charge in [-0.25, -0.2) is 0 Å². The molecule has 0 atom stereocenters. The molecule has 4 heteroatoms. The summed E-state index contributed by atoms with van der Waals surface area (Å²) in [6.45, 7) is 2.06. The molecule has 1 rings (SSSR count). The second kappa shape index (κ2) is 6.43. The van der Waals surface area contributed by atoms with E-state index in [9.17, 15) is 4.79 Å². The van der Waals surface area contributed by atoms with E-state index in [2.05, 4.69) is 12.2 Å². The molecular weight excluding hydrogens is 220 g/mol. The minimum Gasteiger partial charge on any atom is -0.398 e. The van der Waals surface area contributed by atoms with E-state index >= 15 is 0 Å². The van der Waals surface area contributed by atoms with E-state index in [-0.39, 0.29) is 5.91 Å². The number of nitrogens with two attached hydrogens (primary N) is 1. The summed E-state index contributed by atoms with van der Waals surface area (Å²) in [7, 11) is 0. The number of hydrogen-bond donors (Lipinski definition) is 2. The molecule has 1 aromatic rings. The number of nitrogens with one attached hydrogen (secondary N) is 1. The zero-order chi connectivity index (χ0) is 12.0. The zero-order valence-corrected chi connectivity index (χ0v) is 10.6. The number of carbonyl (C=O) groups is 1. The largest absolute Gasteiger partial charge is 0.398 e. The van der Waals surface area contributed by atoms with Crippen LogP contribution < -0.4 is 11.1 Å². The van der Waals surface area contributed by atoms with Crippen molar-refractivity contribution in [3.63, 3.8) is 0 Å². The predicted octanol–water partition coefficient (Wildman–Crippen LogP) is 2.52. The molecular formula is C12H18N2OS. The lowest BCUT2D eigenvalue weighted by molar-refractivity contribution is -0.115. The molecule has 3 N–H and O–H groups in total. The van der Waals surface area contributed by atoms with Gasteiger partial charge in [0.15, 0.2) is 0 Å². The Kier molecular flexibility index (Phi) is 5.19. The average molecular weight is 238 g/mol. The standard InChI is InChI=1S/C12H18N2OS/c1-3-9-4-5-10(8-11(9)13)14-12(15)6-7-16-2/h4-5,8H,3,6-7,13H2,1-2H3,(H,14,15). The lowest BCUT2D eigenvalue weighted by atomic mass is 10.1. The van der Waals surface area contributed by atoms with E-state index in [0.29, 0.717) is 6.42 Å². The third kappa shape index (κ3) is 3.77. The minimum absolute atomic E-state index is 0.0398. The van der Waals surface area contributed by atoms with Crippen molar-refractivity contribution in [2.24, 2.45) is 0 Å². The molecule has 0 radical (unpaired) electrons. The second-order valence-electron chi connectivity index (χ2n) is 3.56. The van der Waals surface area contributed by atoms with E-state index in [1.807, 2.05) is 24.5 Å². The Hall–Kier alpha value is -1.16. The number of rotatable bonds is 5. The minimum atomic E-state index is 0.0398. The fourth-order valence-electron chi connectivity index (χ4n) is 1.41. The lowest BCUT2D eigenvalue weighted by Gasteiger charge is -2.08. The number of anilines is 2. The molecule has 1 aromatic carbocycles. The van der Waals surface area contributed by atoms with Crippen LogP contribution >= 0.6 is 11.8 Å². The third-order valence-electron chi connectivity index (χ3n) is 2.34. The Balaban J connectivity index is 2.61. The van der Waals surface area contributed by atoms with Gasteiger partial charge in [0.05, 0.1) is 0 Å². The highest BCUT2D eigenvalue weighted by atomic mass is 32.2. The molecule has 88 valence electrons. The van der Waals surface area contributed by atoms with Crippen molar-refractivity contribution in [1.29, 1.82) is 0 Å². The van der Waals surface area contributed by atoms with Crippen LogP contribution in [0.15, 0.2) is 18.2 Å². The van der Waals surface area contributed by atoms with E-state index in [1.54, 1.807) is 11.8 Å². The number of thioether (sulfide) groups is 1. The van der Waals surface area contributed by atoms with Gasteiger partial charge in [0.1, 0.15) is 0 Å². The van der Waals surface area contributed by atoms with Crippen LogP contribution in [0.2, 0.25) is 0 Å². The third-order valence-corrected chi connectivity index (χ3v) is 2.96. The van der Waals surface area contributed by atoms with Crippen LogP contribution in [0.1, 0.15) is 18.9 Å². The maximum Gasteiger partial charge on any atom is 0.225 e. The van der Waals surface area contributed by atoms with Crippen LogP contribution in [0, 0.1) is 0 Å². The van der Waals surface area contributed by atoms with Crippen LogP contribution in [0.5, 0.6) is 0 Å². The fraction of sp³-hybridized carbons (Fsp3) is 0.417. The molecule has 3 nitrogen and oxygen atoms in total. The summed E-state index contributed by atoms with van der Waals surface area (Å²) in [6, 6.07) is 5.67. The van der Waals surface area contributed by atoms with E-state index in [4.69, 9.17) is 5.73 Å². The topological polar surface area (TPSA) is 55.1 Å². The summed E-state index contributed by atoms with van der Waals surface area (Å²) in [5.41, 5.74) is 8.48. The molecule has 0 aliphatic heterocycles. The van der Waals surface area contributed by atoms with Crippen molar-refractivity contribution < 1.29 is 4.79 Å². The molecule has 0 aliphatic rings. The second-order valence-corrected chi connectivity index (χ2v) is 4.54. The van der Waals surface area contributed by atoms with Crippen LogP contribution in [0.4, 0.5) is 11.4 Å². The Morgan fingerprint density at radius 3 is 2.81 bits per heavy atom. The van der Waals surface area contributed by atoms with Gasteiger partial charge < -0.3 is 11.1 Å². The van der Waals surface area contributed by atoms with Crippen molar-refractivity contribution in [1.82, 2.24) is 0 Å². The van der Waals surface area contributed by atoms with Gasteiger partial charge in [-0.05, 0) is 30.4 Å². The fourth-order valence-corrected chi connectivity index (χ4v) is 1.80. The Morgan fingerprint density at radius 1 is 1.50 bits per heavy atom. The van der Waals surface area contributed by atoms with Crippen molar-refractivity contribution >= 4 is 29.0 Å². The van der Waals surface area contributed by atoms with Crippen LogP contribution in [0.3, 0.4) is 0 Å². The monoisotopic (exact) mass is 238 g/mol. The molecule has 0 bridgehead atoms. The number of nitrogen functional groups attached to an aromatic ring is 1. The highest BCUT2D eigenvalue weighted by molar-refractivity contribution is 7.98. The van der Waals surface area contributed by atoms with Crippen molar-refractivity contribution in [2.45, 2.75) is 19.8 Å². The Bertz CT molecular complexity index is 366. The van der Waals surface area contributed by atoms with Gasteiger partial charge in [0.25, 0.3) is 0 Å². The van der Waals surface area contributed by atoms with E-state index < -0.39 is 0 Å². The number of carbonyl (C=O) groups excluding carboxylic acids is 1. The summed E-state index contributed by atoms with van der Waals surface area (Å²) in [4.78, 5) is 11.5. The first-order chi connectivity index (χ1) is 7.67. The van der Waals surface area contributed by atoms with Crippen molar-refractivity contribution in [3.8, 4) is 0 Å². The molecule has 0 spiro atoms. The lowest BCUT2D eigenvalue weighted by Crippen LogP contribution is -2.12. The zero-order valence-electron chi connectivity index (χ0n) is 9.75. The average Bonchev–Trinajstić information content (AvgIpc) is 2.26. The SMILES string of the molecule is CCc1ccc(NC(=O)CCSC)cc1N. The van der Waals surface area contributed by atoms with E-state index in [1.165, 1.54) is 0 Å². The highest BCUT2D eigenvalue weighted by Crippen LogP contribution is 2.18. The molecule has 0 saturated heterocycles. The van der Waals surface area contributed by atoms with Gasteiger partial charge in [-0.1, -0.05) is 13.0 Å². The van der Waals surface area contributed by atoms with Crippen LogP contribution in [-0.2, 0) is 11.2 Å². The summed E-state index contributed by atoms with van der Waals surface area (Å²) >= 11 is 1.66. The predicted molar refractivity (Wildman–Crippen MR) is 71.9 cm³/mol. The molecule has 0 heterocycles. The summed E-state index contributed by atoms with van der Waals surface area (Å²) in [5.74, 6) is 0.881. The molecule has 1 amide bonds. The number of benzene rings is 1. The number of aryl methyl sites for hydroxylation is 1. The Morgan fingerprint density at radius 2 is 2.25 bits per heavy atom. The molecule has 0 aliphatic carbocycles. The smallest absolute Gasteiger partial charge is 0.225 e. The van der Waals surface area contributed by atoms with Crippen LogP contribution in [-0.4, -0.2) is 17.9 Å². The maximum absolute atomic E-state index is 11.5.